The number of fused-ring (bicyclic) bond motifs is 1. The Balaban J connectivity index is 1.91. The zero-order valence-corrected chi connectivity index (χ0v) is 16.7. The van der Waals surface area contributed by atoms with Crippen molar-refractivity contribution >= 4 is 27.8 Å². The number of aryl methyl sites for hydroxylation is 1. The Morgan fingerprint density at radius 3 is 2.81 bits per heavy atom. The molecule has 27 heavy (non-hydrogen) atoms. The minimum Gasteiger partial charge on any atom is -0.490 e. The van der Waals surface area contributed by atoms with Crippen LogP contribution in [0.4, 0.5) is 0 Å². The zero-order chi connectivity index (χ0) is 19.4. The van der Waals surface area contributed by atoms with Crippen LogP contribution in [0.5, 0.6) is 11.5 Å². The fourth-order valence-electron chi connectivity index (χ4n) is 2.52. The second kappa shape index (κ2) is 8.35. The molecule has 0 saturated heterocycles. The molecule has 2 heterocycles. The molecule has 0 N–H and O–H groups in total. The molecule has 3 rings (SSSR count). The molecule has 2 aromatic heterocycles. The zero-order valence-electron chi connectivity index (χ0n) is 15.9. The summed E-state index contributed by atoms with van der Waals surface area (Å²) in [7, 11) is 0. The maximum absolute atomic E-state index is 12.6. The first-order valence-corrected chi connectivity index (χ1v) is 9.78. The lowest BCUT2D eigenvalue weighted by atomic mass is 10.2. The van der Waals surface area contributed by atoms with Crippen LogP contribution in [0.3, 0.4) is 0 Å². The molecule has 0 amide bonds. The van der Waals surface area contributed by atoms with Crippen molar-refractivity contribution in [2.45, 2.75) is 27.7 Å². The van der Waals surface area contributed by atoms with E-state index in [1.165, 1.54) is 16.0 Å². The third-order valence-corrected chi connectivity index (χ3v) is 4.61. The highest BCUT2D eigenvalue weighted by Crippen LogP contribution is 2.28. The van der Waals surface area contributed by atoms with E-state index in [9.17, 15) is 4.79 Å². The van der Waals surface area contributed by atoms with Gasteiger partial charge in [0.2, 0.25) is 0 Å². The first kappa shape index (κ1) is 19.1. The Labute approximate surface area is 162 Å². The van der Waals surface area contributed by atoms with E-state index in [1.54, 1.807) is 19.2 Å². The molecule has 0 aliphatic heterocycles. The topological polar surface area (TPSA) is 65.7 Å². The van der Waals surface area contributed by atoms with Gasteiger partial charge in [-0.05, 0) is 55.0 Å². The van der Waals surface area contributed by atoms with Gasteiger partial charge in [0.15, 0.2) is 11.5 Å². The van der Waals surface area contributed by atoms with Crippen LogP contribution in [0.2, 0.25) is 0 Å². The average molecular weight is 385 g/mol. The minimum absolute atomic E-state index is 0.170. The average Bonchev–Trinajstić information content (AvgIpc) is 3.09. The molecule has 7 heteroatoms. The third-order valence-electron chi connectivity index (χ3n) is 3.80. The molecule has 0 aliphatic rings. The molecule has 0 aliphatic carbocycles. The number of hydrogen-bond acceptors (Lipinski definition) is 6. The molecule has 0 atom stereocenters. The van der Waals surface area contributed by atoms with Gasteiger partial charge in [-0.25, -0.2) is 4.98 Å². The maximum atomic E-state index is 12.6. The summed E-state index contributed by atoms with van der Waals surface area (Å²) in [6, 6.07) is 7.39. The summed E-state index contributed by atoms with van der Waals surface area (Å²) in [5.74, 6) is 2.35. The van der Waals surface area contributed by atoms with Gasteiger partial charge in [-0.3, -0.25) is 4.79 Å². The summed E-state index contributed by atoms with van der Waals surface area (Å²) in [5, 5.41) is 6.77. The van der Waals surface area contributed by atoms with Gasteiger partial charge in [0.05, 0.1) is 24.8 Å². The van der Waals surface area contributed by atoms with Crippen LogP contribution in [0.15, 0.2) is 39.5 Å². The molecule has 0 saturated carbocycles. The van der Waals surface area contributed by atoms with Crippen molar-refractivity contribution in [1.29, 1.82) is 0 Å². The van der Waals surface area contributed by atoms with Gasteiger partial charge in [-0.15, -0.1) is 11.3 Å². The first-order chi connectivity index (χ1) is 13.0. The predicted molar refractivity (Wildman–Crippen MR) is 110 cm³/mol. The number of rotatable bonds is 7. The molecular weight excluding hydrogens is 362 g/mol. The molecule has 0 unspecified atom stereocenters. The number of thiophene rings is 1. The second-order valence-electron chi connectivity index (χ2n) is 6.50. The van der Waals surface area contributed by atoms with Crippen molar-refractivity contribution in [1.82, 2.24) is 9.66 Å². The van der Waals surface area contributed by atoms with Crippen LogP contribution in [-0.2, 0) is 0 Å². The molecule has 0 radical (unpaired) electrons. The maximum Gasteiger partial charge on any atom is 0.282 e. The fraction of sp³-hybridized carbons (Fsp3) is 0.350. The lowest BCUT2D eigenvalue weighted by Gasteiger charge is -2.13. The standard InChI is InChI=1S/C20H23N3O3S/c1-5-25-18-10-15(6-7-17(18)26-12-13(2)3)11-21-23-14(4)22-19-16(20(23)24)8-9-27-19/h6-11,13H,5,12H2,1-4H3. The van der Waals surface area contributed by atoms with E-state index in [1.807, 2.05) is 30.5 Å². The van der Waals surface area contributed by atoms with Gasteiger partial charge in [0, 0.05) is 0 Å². The van der Waals surface area contributed by atoms with Gasteiger partial charge in [0.1, 0.15) is 10.7 Å². The molecule has 3 aromatic rings. The molecule has 1 aromatic carbocycles. The van der Waals surface area contributed by atoms with Crippen LogP contribution in [0.25, 0.3) is 10.2 Å². The lowest BCUT2D eigenvalue weighted by Crippen LogP contribution is -2.19. The number of nitrogens with zero attached hydrogens (tertiary/aromatic N) is 3. The molecule has 0 bridgehead atoms. The highest BCUT2D eigenvalue weighted by Gasteiger charge is 2.09. The Hall–Kier alpha value is -2.67. The third kappa shape index (κ3) is 4.36. The Morgan fingerprint density at radius 1 is 1.26 bits per heavy atom. The van der Waals surface area contributed by atoms with Gasteiger partial charge in [-0.1, -0.05) is 13.8 Å². The summed E-state index contributed by atoms with van der Waals surface area (Å²) in [4.78, 5) is 17.7. The Kier molecular flexibility index (Phi) is 5.91. The van der Waals surface area contributed by atoms with Crippen LogP contribution in [0.1, 0.15) is 32.2 Å². The van der Waals surface area contributed by atoms with E-state index in [0.29, 0.717) is 41.8 Å². The van der Waals surface area contributed by atoms with Gasteiger partial charge >= 0.3 is 0 Å². The molecule has 0 fully saturated rings. The van der Waals surface area contributed by atoms with Crippen molar-refractivity contribution in [2.24, 2.45) is 11.0 Å². The first-order valence-electron chi connectivity index (χ1n) is 8.90. The fourth-order valence-corrected chi connectivity index (χ4v) is 3.32. The summed E-state index contributed by atoms with van der Waals surface area (Å²) >= 11 is 1.45. The van der Waals surface area contributed by atoms with E-state index in [-0.39, 0.29) is 5.56 Å². The Morgan fingerprint density at radius 2 is 2.07 bits per heavy atom. The smallest absolute Gasteiger partial charge is 0.282 e. The molecule has 0 spiro atoms. The molecule has 142 valence electrons. The summed E-state index contributed by atoms with van der Waals surface area (Å²) in [6.07, 6.45) is 1.63. The van der Waals surface area contributed by atoms with Crippen LogP contribution < -0.4 is 15.0 Å². The summed E-state index contributed by atoms with van der Waals surface area (Å²) < 4.78 is 12.8. The van der Waals surface area contributed by atoms with Gasteiger partial charge < -0.3 is 9.47 Å². The summed E-state index contributed by atoms with van der Waals surface area (Å²) in [6.45, 7) is 9.05. The largest absolute Gasteiger partial charge is 0.490 e. The molecule has 6 nitrogen and oxygen atoms in total. The SMILES string of the molecule is CCOc1cc(C=Nn2c(C)nc3sccc3c2=O)ccc1OCC(C)C. The number of ether oxygens (including phenoxy) is 2. The Bertz CT molecular complexity index is 1020. The van der Waals surface area contributed by atoms with Crippen molar-refractivity contribution in [3.05, 3.63) is 51.4 Å². The van der Waals surface area contributed by atoms with Crippen molar-refractivity contribution < 1.29 is 9.47 Å². The van der Waals surface area contributed by atoms with Crippen LogP contribution in [-0.4, -0.2) is 29.1 Å². The number of hydrogen-bond donors (Lipinski definition) is 0. The number of aromatic nitrogens is 2. The van der Waals surface area contributed by atoms with E-state index >= 15 is 0 Å². The summed E-state index contributed by atoms with van der Waals surface area (Å²) in [5.41, 5.74) is 0.643. The van der Waals surface area contributed by atoms with Crippen molar-refractivity contribution in [3.63, 3.8) is 0 Å². The van der Waals surface area contributed by atoms with Gasteiger partial charge in [0.25, 0.3) is 5.56 Å². The lowest BCUT2D eigenvalue weighted by molar-refractivity contribution is 0.248. The van der Waals surface area contributed by atoms with E-state index < -0.39 is 0 Å². The monoisotopic (exact) mass is 385 g/mol. The quantitative estimate of drug-likeness (QED) is 0.575. The van der Waals surface area contributed by atoms with Crippen molar-refractivity contribution in [3.8, 4) is 11.5 Å². The van der Waals surface area contributed by atoms with E-state index in [4.69, 9.17) is 9.47 Å². The van der Waals surface area contributed by atoms with E-state index in [2.05, 4.69) is 23.9 Å². The second-order valence-corrected chi connectivity index (χ2v) is 7.40. The minimum atomic E-state index is -0.170. The highest BCUT2D eigenvalue weighted by atomic mass is 32.1. The van der Waals surface area contributed by atoms with Gasteiger partial charge in [-0.2, -0.15) is 9.78 Å². The predicted octanol–water partition coefficient (Wildman–Crippen LogP) is 4.08. The normalized spacial score (nSPS) is 11.6. The molecular formula is C20H23N3O3S. The van der Waals surface area contributed by atoms with E-state index in [0.717, 1.165) is 10.4 Å². The number of benzene rings is 1. The van der Waals surface area contributed by atoms with Crippen molar-refractivity contribution in [2.75, 3.05) is 13.2 Å². The van der Waals surface area contributed by atoms with Crippen LogP contribution >= 0.6 is 11.3 Å². The highest BCUT2D eigenvalue weighted by molar-refractivity contribution is 7.16. The van der Waals surface area contributed by atoms with Crippen LogP contribution in [0, 0.1) is 12.8 Å².